The summed E-state index contributed by atoms with van der Waals surface area (Å²) in [7, 11) is 0. The van der Waals surface area contributed by atoms with E-state index in [1.54, 1.807) is 0 Å². The van der Waals surface area contributed by atoms with Gasteiger partial charge in [-0.3, -0.25) is 4.79 Å². The molecule has 1 amide bonds. The van der Waals surface area contributed by atoms with Crippen molar-refractivity contribution in [3.63, 3.8) is 0 Å². The molecule has 0 spiro atoms. The predicted octanol–water partition coefficient (Wildman–Crippen LogP) is 2.34. The van der Waals surface area contributed by atoms with Crippen LogP contribution in [0.15, 0.2) is 6.20 Å². The minimum absolute atomic E-state index is 0.0490. The molecule has 0 aliphatic carbocycles. The first kappa shape index (κ1) is 16.1. The molecule has 1 aliphatic rings. The highest BCUT2D eigenvalue weighted by Crippen LogP contribution is 2.24. The number of rotatable bonds is 3. The van der Waals surface area contributed by atoms with E-state index < -0.39 is 0 Å². The number of fused-ring (bicyclic) bond motifs is 1. The first-order chi connectivity index (χ1) is 10.9. The van der Waals surface area contributed by atoms with Crippen molar-refractivity contribution in [1.29, 1.82) is 0 Å². The molecule has 1 aliphatic heterocycles. The van der Waals surface area contributed by atoms with Crippen molar-refractivity contribution in [2.24, 2.45) is 0 Å². The summed E-state index contributed by atoms with van der Waals surface area (Å²) in [5.74, 6) is 1.07. The lowest BCUT2D eigenvalue weighted by molar-refractivity contribution is 0.0930. The Balaban J connectivity index is 1.70. The van der Waals surface area contributed by atoms with E-state index in [0.717, 1.165) is 43.0 Å². The third-order valence-electron chi connectivity index (χ3n) is 4.19. The molecule has 7 heteroatoms. The van der Waals surface area contributed by atoms with Gasteiger partial charge in [-0.2, -0.15) is 0 Å². The lowest BCUT2D eigenvalue weighted by Gasteiger charge is -2.24. The standard InChI is InChI=1S/C16H23N5OS/c1-5-11-14(23-20-19-11)15(22)17-10-6-7-13-18-12(16(2,3)4)9-21(13)8-10/h9-10H,5-8H2,1-4H3,(H,17,22)/t10-/m1/s1. The fourth-order valence-corrected chi connectivity index (χ4v) is 3.44. The van der Waals surface area contributed by atoms with E-state index in [0.29, 0.717) is 4.88 Å². The minimum Gasteiger partial charge on any atom is -0.347 e. The third kappa shape index (κ3) is 3.29. The number of amides is 1. The summed E-state index contributed by atoms with van der Waals surface area (Å²) >= 11 is 1.17. The highest BCUT2D eigenvalue weighted by atomic mass is 32.1. The van der Waals surface area contributed by atoms with Gasteiger partial charge < -0.3 is 9.88 Å². The largest absolute Gasteiger partial charge is 0.347 e. The molecule has 3 heterocycles. The van der Waals surface area contributed by atoms with Gasteiger partial charge in [-0.15, -0.1) is 5.10 Å². The van der Waals surface area contributed by atoms with Crippen molar-refractivity contribution < 1.29 is 4.79 Å². The quantitative estimate of drug-likeness (QED) is 0.936. The summed E-state index contributed by atoms with van der Waals surface area (Å²) in [5.41, 5.74) is 1.94. The molecule has 0 fully saturated rings. The van der Waals surface area contributed by atoms with Crippen LogP contribution in [0.4, 0.5) is 0 Å². The van der Waals surface area contributed by atoms with Gasteiger partial charge >= 0.3 is 0 Å². The summed E-state index contributed by atoms with van der Waals surface area (Å²) in [4.78, 5) is 17.8. The summed E-state index contributed by atoms with van der Waals surface area (Å²) in [6, 6.07) is 0.129. The van der Waals surface area contributed by atoms with E-state index in [1.807, 2.05) is 6.92 Å². The zero-order valence-electron chi connectivity index (χ0n) is 14.1. The van der Waals surface area contributed by atoms with Crippen molar-refractivity contribution in [2.45, 2.75) is 65.0 Å². The number of hydrogen-bond acceptors (Lipinski definition) is 5. The molecule has 23 heavy (non-hydrogen) atoms. The van der Waals surface area contributed by atoms with E-state index in [4.69, 9.17) is 4.98 Å². The van der Waals surface area contributed by atoms with Crippen molar-refractivity contribution in [1.82, 2.24) is 24.5 Å². The van der Waals surface area contributed by atoms with Gasteiger partial charge in [0.2, 0.25) is 0 Å². The summed E-state index contributed by atoms with van der Waals surface area (Å²) in [6.45, 7) is 9.27. The molecule has 0 unspecified atom stereocenters. The first-order valence-corrected chi connectivity index (χ1v) is 8.84. The number of nitrogens with zero attached hydrogens (tertiary/aromatic N) is 4. The lowest BCUT2D eigenvalue weighted by Crippen LogP contribution is -2.40. The van der Waals surface area contributed by atoms with Gasteiger partial charge in [-0.1, -0.05) is 32.2 Å². The van der Waals surface area contributed by atoms with Crippen molar-refractivity contribution in [3.05, 3.63) is 28.3 Å². The van der Waals surface area contributed by atoms with Crippen LogP contribution in [0.2, 0.25) is 0 Å². The third-order valence-corrected chi connectivity index (χ3v) is 4.96. The molecule has 0 radical (unpaired) electrons. The molecular weight excluding hydrogens is 310 g/mol. The van der Waals surface area contributed by atoms with Crippen molar-refractivity contribution in [2.75, 3.05) is 0 Å². The molecular formula is C16H23N5OS. The van der Waals surface area contributed by atoms with Crippen molar-refractivity contribution in [3.8, 4) is 0 Å². The normalized spacial score (nSPS) is 17.8. The van der Waals surface area contributed by atoms with E-state index >= 15 is 0 Å². The molecule has 124 valence electrons. The molecule has 0 saturated carbocycles. The monoisotopic (exact) mass is 333 g/mol. The van der Waals surface area contributed by atoms with Crippen molar-refractivity contribution >= 4 is 17.4 Å². The summed E-state index contributed by atoms with van der Waals surface area (Å²) < 4.78 is 6.07. The Hall–Kier alpha value is -1.76. The minimum atomic E-state index is -0.0542. The molecule has 1 atom stereocenters. The maximum absolute atomic E-state index is 12.4. The first-order valence-electron chi connectivity index (χ1n) is 8.07. The molecule has 3 rings (SSSR count). The number of imidazole rings is 1. The Kier molecular flexibility index (Phi) is 4.23. The highest BCUT2D eigenvalue weighted by Gasteiger charge is 2.26. The van der Waals surface area contributed by atoms with E-state index in [9.17, 15) is 4.79 Å². The number of carbonyl (C=O) groups excluding carboxylic acids is 1. The van der Waals surface area contributed by atoms with Gasteiger partial charge in [-0.05, 0) is 24.4 Å². The van der Waals surface area contributed by atoms with Crippen LogP contribution < -0.4 is 5.32 Å². The van der Waals surface area contributed by atoms with Crippen LogP contribution in [0.25, 0.3) is 0 Å². The van der Waals surface area contributed by atoms with E-state index in [-0.39, 0.29) is 17.4 Å². The maximum atomic E-state index is 12.4. The van der Waals surface area contributed by atoms with E-state index in [2.05, 4.69) is 46.4 Å². The SMILES string of the molecule is CCc1nnsc1C(=O)N[C@@H]1CCc2nc(C(C)(C)C)cn2C1. The Bertz CT molecular complexity index is 712. The molecule has 0 aromatic carbocycles. The smallest absolute Gasteiger partial charge is 0.265 e. The fraction of sp³-hybridized carbons (Fsp3) is 0.625. The molecule has 2 aromatic rings. The second-order valence-corrected chi connectivity index (χ2v) is 7.81. The molecule has 0 bridgehead atoms. The van der Waals surface area contributed by atoms with E-state index in [1.165, 1.54) is 11.5 Å². The molecule has 1 N–H and O–H groups in total. The summed E-state index contributed by atoms with van der Waals surface area (Å²) in [6.07, 6.45) is 4.66. The van der Waals surface area contributed by atoms with Gasteiger partial charge in [0.1, 0.15) is 10.7 Å². The van der Waals surface area contributed by atoms with Gasteiger partial charge in [0, 0.05) is 30.6 Å². The van der Waals surface area contributed by atoms with Crippen LogP contribution in [-0.4, -0.2) is 31.1 Å². The topological polar surface area (TPSA) is 72.7 Å². The second-order valence-electron chi connectivity index (χ2n) is 7.06. The Morgan fingerprint density at radius 3 is 2.96 bits per heavy atom. The van der Waals surface area contributed by atoms with Gasteiger partial charge in [0.25, 0.3) is 5.91 Å². The van der Waals surface area contributed by atoms with Crippen LogP contribution in [0.1, 0.15) is 61.0 Å². The molecule has 0 saturated heterocycles. The van der Waals surface area contributed by atoms with Crippen LogP contribution in [-0.2, 0) is 24.8 Å². The number of hydrogen-bond donors (Lipinski definition) is 1. The fourth-order valence-electron chi connectivity index (χ4n) is 2.79. The zero-order valence-corrected chi connectivity index (χ0v) is 14.9. The Morgan fingerprint density at radius 2 is 2.26 bits per heavy atom. The Morgan fingerprint density at radius 1 is 1.48 bits per heavy atom. The van der Waals surface area contributed by atoms with Gasteiger partial charge in [0.05, 0.1) is 11.4 Å². The number of aryl methyl sites for hydroxylation is 2. The van der Waals surface area contributed by atoms with Crippen LogP contribution >= 0.6 is 11.5 Å². The van der Waals surface area contributed by atoms with Gasteiger partial charge in [0.15, 0.2) is 0 Å². The molecule has 2 aromatic heterocycles. The van der Waals surface area contributed by atoms with Crippen LogP contribution in [0, 0.1) is 0 Å². The predicted molar refractivity (Wildman–Crippen MR) is 89.8 cm³/mol. The maximum Gasteiger partial charge on any atom is 0.265 e. The highest BCUT2D eigenvalue weighted by molar-refractivity contribution is 7.08. The van der Waals surface area contributed by atoms with Crippen LogP contribution in [0.5, 0.6) is 0 Å². The Labute approximate surface area is 140 Å². The average Bonchev–Trinajstić information content (AvgIpc) is 3.12. The van der Waals surface area contributed by atoms with Gasteiger partial charge in [-0.25, -0.2) is 4.98 Å². The number of carbonyl (C=O) groups is 1. The number of nitrogens with one attached hydrogen (secondary N) is 1. The molecule has 6 nitrogen and oxygen atoms in total. The zero-order chi connectivity index (χ0) is 16.6. The number of aromatic nitrogens is 4. The summed E-state index contributed by atoms with van der Waals surface area (Å²) in [5, 5.41) is 7.14. The second kappa shape index (κ2) is 6.03. The lowest BCUT2D eigenvalue weighted by atomic mass is 9.93. The van der Waals surface area contributed by atoms with Crippen LogP contribution in [0.3, 0.4) is 0 Å². The average molecular weight is 333 g/mol.